The summed E-state index contributed by atoms with van der Waals surface area (Å²) in [5.41, 5.74) is 1.79. The number of hydrogen-bond acceptors (Lipinski definition) is 3. The van der Waals surface area contributed by atoms with Crippen molar-refractivity contribution in [2.24, 2.45) is 5.41 Å². The SMILES string of the molecule is CCOC(=O)c1ccccc1NC1CCCCC1(C)C. The molecule has 20 heavy (non-hydrogen) atoms. The second kappa shape index (κ2) is 6.29. The van der Waals surface area contributed by atoms with Gasteiger partial charge in [0.2, 0.25) is 0 Å². The highest BCUT2D eigenvalue weighted by Crippen LogP contribution is 2.37. The smallest absolute Gasteiger partial charge is 0.340 e. The average Bonchev–Trinajstić information content (AvgIpc) is 2.42. The van der Waals surface area contributed by atoms with E-state index in [1.54, 1.807) is 0 Å². The number of hydrogen-bond donors (Lipinski definition) is 1. The van der Waals surface area contributed by atoms with Gasteiger partial charge in [-0.15, -0.1) is 0 Å². The number of carbonyl (C=O) groups is 1. The first-order valence-corrected chi connectivity index (χ1v) is 7.57. The van der Waals surface area contributed by atoms with E-state index in [2.05, 4.69) is 19.2 Å². The Kier molecular flexibility index (Phi) is 4.69. The molecule has 3 heteroatoms. The van der Waals surface area contributed by atoms with Gasteiger partial charge in [-0.3, -0.25) is 0 Å². The molecule has 1 fully saturated rings. The molecule has 0 spiro atoms. The van der Waals surface area contributed by atoms with Gasteiger partial charge in [-0.1, -0.05) is 38.8 Å². The first kappa shape index (κ1) is 14.9. The van der Waals surface area contributed by atoms with E-state index >= 15 is 0 Å². The molecule has 0 radical (unpaired) electrons. The number of carbonyl (C=O) groups excluding carboxylic acids is 1. The first-order chi connectivity index (χ1) is 9.54. The number of esters is 1. The first-order valence-electron chi connectivity index (χ1n) is 7.57. The van der Waals surface area contributed by atoms with E-state index in [0.717, 1.165) is 12.1 Å². The minimum absolute atomic E-state index is 0.246. The van der Waals surface area contributed by atoms with Gasteiger partial charge in [-0.2, -0.15) is 0 Å². The lowest BCUT2D eigenvalue weighted by atomic mass is 9.73. The van der Waals surface area contributed by atoms with E-state index < -0.39 is 0 Å². The number of para-hydroxylation sites is 1. The monoisotopic (exact) mass is 275 g/mol. The van der Waals surface area contributed by atoms with E-state index in [1.807, 2.05) is 31.2 Å². The zero-order chi connectivity index (χ0) is 14.6. The molecule has 0 aromatic heterocycles. The largest absolute Gasteiger partial charge is 0.462 e. The van der Waals surface area contributed by atoms with Crippen LogP contribution in [0.5, 0.6) is 0 Å². The molecule has 0 saturated heterocycles. The topological polar surface area (TPSA) is 38.3 Å². The van der Waals surface area contributed by atoms with Gasteiger partial charge in [0.1, 0.15) is 0 Å². The van der Waals surface area contributed by atoms with Crippen molar-refractivity contribution in [1.82, 2.24) is 0 Å². The minimum atomic E-state index is -0.246. The number of anilines is 1. The maximum atomic E-state index is 12.0. The Hall–Kier alpha value is -1.51. The fraction of sp³-hybridized carbons (Fsp3) is 0.588. The third kappa shape index (κ3) is 3.33. The highest BCUT2D eigenvalue weighted by molar-refractivity contribution is 5.95. The van der Waals surface area contributed by atoms with Gasteiger partial charge in [0.05, 0.1) is 12.2 Å². The molecule has 1 saturated carbocycles. The van der Waals surface area contributed by atoms with Crippen molar-refractivity contribution in [2.45, 2.75) is 52.5 Å². The van der Waals surface area contributed by atoms with Crippen molar-refractivity contribution in [3.63, 3.8) is 0 Å². The molecule has 0 heterocycles. The quantitative estimate of drug-likeness (QED) is 0.835. The number of ether oxygens (including phenoxy) is 1. The van der Waals surface area contributed by atoms with Gasteiger partial charge in [-0.25, -0.2) is 4.79 Å². The molecule has 1 aromatic carbocycles. The normalized spacial score (nSPS) is 21.2. The van der Waals surface area contributed by atoms with E-state index in [1.165, 1.54) is 19.3 Å². The van der Waals surface area contributed by atoms with Gasteiger partial charge in [0.15, 0.2) is 0 Å². The Balaban J connectivity index is 2.18. The summed E-state index contributed by atoms with van der Waals surface area (Å²) in [6, 6.07) is 8.05. The highest BCUT2D eigenvalue weighted by Gasteiger charge is 2.32. The van der Waals surface area contributed by atoms with E-state index in [-0.39, 0.29) is 11.4 Å². The fourth-order valence-corrected chi connectivity index (χ4v) is 2.95. The van der Waals surface area contributed by atoms with Crippen LogP contribution in [0.15, 0.2) is 24.3 Å². The maximum absolute atomic E-state index is 12.0. The molecule has 1 aromatic rings. The zero-order valence-corrected chi connectivity index (χ0v) is 12.7. The van der Waals surface area contributed by atoms with Crippen LogP contribution in [0, 0.1) is 5.41 Å². The molecule has 2 rings (SSSR count). The third-order valence-electron chi connectivity index (χ3n) is 4.26. The van der Waals surface area contributed by atoms with Crippen molar-refractivity contribution in [2.75, 3.05) is 11.9 Å². The average molecular weight is 275 g/mol. The summed E-state index contributed by atoms with van der Waals surface area (Å²) < 4.78 is 5.13. The summed E-state index contributed by atoms with van der Waals surface area (Å²) in [5.74, 6) is -0.246. The Morgan fingerprint density at radius 2 is 2.10 bits per heavy atom. The summed E-state index contributed by atoms with van der Waals surface area (Å²) >= 11 is 0. The van der Waals surface area contributed by atoms with Gasteiger partial charge in [-0.05, 0) is 37.3 Å². The molecular weight excluding hydrogens is 250 g/mol. The molecule has 0 aliphatic heterocycles. The predicted molar refractivity (Wildman–Crippen MR) is 82.1 cm³/mol. The van der Waals surface area contributed by atoms with Gasteiger partial charge < -0.3 is 10.1 Å². The molecule has 3 nitrogen and oxygen atoms in total. The van der Waals surface area contributed by atoms with E-state index in [0.29, 0.717) is 18.2 Å². The van der Waals surface area contributed by atoms with Crippen molar-refractivity contribution < 1.29 is 9.53 Å². The van der Waals surface area contributed by atoms with Crippen LogP contribution in [0.3, 0.4) is 0 Å². The van der Waals surface area contributed by atoms with Crippen LogP contribution >= 0.6 is 0 Å². The number of nitrogens with one attached hydrogen (secondary N) is 1. The van der Waals surface area contributed by atoms with E-state index in [9.17, 15) is 4.79 Å². The van der Waals surface area contributed by atoms with Crippen molar-refractivity contribution in [3.05, 3.63) is 29.8 Å². The van der Waals surface area contributed by atoms with Gasteiger partial charge in [0.25, 0.3) is 0 Å². The standard InChI is InChI=1S/C17H25NO2/c1-4-20-16(19)13-9-5-6-10-14(13)18-15-11-7-8-12-17(15,2)3/h5-6,9-10,15,18H,4,7-8,11-12H2,1-3H3. The van der Waals surface area contributed by atoms with Crippen molar-refractivity contribution in [1.29, 1.82) is 0 Å². The van der Waals surface area contributed by atoms with Gasteiger partial charge >= 0.3 is 5.97 Å². The van der Waals surface area contributed by atoms with Crippen molar-refractivity contribution in [3.8, 4) is 0 Å². The molecule has 1 aliphatic rings. The molecule has 1 N–H and O–H groups in total. The molecule has 0 amide bonds. The number of rotatable bonds is 4. The third-order valence-corrected chi connectivity index (χ3v) is 4.26. The second-order valence-corrected chi connectivity index (χ2v) is 6.20. The summed E-state index contributed by atoms with van der Waals surface area (Å²) in [6.07, 6.45) is 4.93. The lowest BCUT2D eigenvalue weighted by Crippen LogP contribution is -2.39. The molecule has 0 bridgehead atoms. The van der Waals surface area contributed by atoms with Crippen LogP contribution in [-0.4, -0.2) is 18.6 Å². The van der Waals surface area contributed by atoms with Gasteiger partial charge in [0, 0.05) is 11.7 Å². The van der Waals surface area contributed by atoms with Crippen LogP contribution in [0.1, 0.15) is 56.8 Å². The lowest BCUT2D eigenvalue weighted by Gasteiger charge is -2.39. The second-order valence-electron chi connectivity index (χ2n) is 6.20. The zero-order valence-electron chi connectivity index (χ0n) is 12.7. The Labute approximate surface area is 121 Å². The molecule has 1 unspecified atom stereocenters. The maximum Gasteiger partial charge on any atom is 0.340 e. The summed E-state index contributed by atoms with van der Waals surface area (Å²) in [6.45, 7) is 6.84. The minimum Gasteiger partial charge on any atom is -0.462 e. The van der Waals surface area contributed by atoms with Crippen LogP contribution in [0.4, 0.5) is 5.69 Å². The summed E-state index contributed by atoms with van der Waals surface area (Å²) in [5, 5.41) is 3.58. The molecular formula is C17H25NO2. The highest BCUT2D eigenvalue weighted by atomic mass is 16.5. The van der Waals surface area contributed by atoms with E-state index in [4.69, 9.17) is 4.74 Å². The predicted octanol–water partition coefficient (Wildman–Crippen LogP) is 4.24. The molecule has 1 atom stereocenters. The molecule has 110 valence electrons. The van der Waals surface area contributed by atoms with Crippen LogP contribution in [0.25, 0.3) is 0 Å². The summed E-state index contributed by atoms with van der Waals surface area (Å²) in [7, 11) is 0. The van der Waals surface area contributed by atoms with Crippen molar-refractivity contribution >= 4 is 11.7 Å². The number of benzene rings is 1. The van der Waals surface area contributed by atoms with Crippen LogP contribution in [0.2, 0.25) is 0 Å². The fourth-order valence-electron chi connectivity index (χ4n) is 2.95. The Bertz CT molecular complexity index is 468. The Morgan fingerprint density at radius 3 is 2.80 bits per heavy atom. The van der Waals surface area contributed by atoms with Crippen LogP contribution in [-0.2, 0) is 4.74 Å². The van der Waals surface area contributed by atoms with Crippen LogP contribution < -0.4 is 5.32 Å². The lowest BCUT2D eigenvalue weighted by molar-refractivity contribution is 0.0527. The summed E-state index contributed by atoms with van der Waals surface area (Å²) in [4.78, 5) is 12.0. The molecule has 1 aliphatic carbocycles. The Morgan fingerprint density at radius 1 is 1.35 bits per heavy atom.